The van der Waals surface area contributed by atoms with Crippen molar-refractivity contribution >= 4 is 6.03 Å². The molecule has 28 heavy (non-hydrogen) atoms. The number of carbonyl (C=O) groups is 1. The van der Waals surface area contributed by atoms with E-state index < -0.39 is 0 Å². The SMILES string of the molecule is O=C(NCC(c1ccccc1)N1CCOCC1)NC(c1ccccc1)C1CC1. The number of urea groups is 1. The number of morpholine rings is 1. The largest absolute Gasteiger partial charge is 0.379 e. The Labute approximate surface area is 167 Å². The lowest BCUT2D eigenvalue weighted by molar-refractivity contribution is 0.0167. The van der Waals surface area contributed by atoms with Gasteiger partial charge in [0.25, 0.3) is 0 Å². The van der Waals surface area contributed by atoms with Crippen molar-refractivity contribution in [2.45, 2.75) is 24.9 Å². The van der Waals surface area contributed by atoms with Crippen LogP contribution in [0.3, 0.4) is 0 Å². The van der Waals surface area contributed by atoms with E-state index in [1.807, 2.05) is 24.3 Å². The van der Waals surface area contributed by atoms with E-state index in [0.29, 0.717) is 12.5 Å². The summed E-state index contributed by atoms with van der Waals surface area (Å²) in [5, 5.41) is 6.34. The molecule has 1 heterocycles. The van der Waals surface area contributed by atoms with Crippen LogP contribution in [0.1, 0.15) is 36.1 Å². The number of hydrogen-bond donors (Lipinski definition) is 2. The first-order valence-electron chi connectivity index (χ1n) is 10.3. The van der Waals surface area contributed by atoms with Gasteiger partial charge in [0.1, 0.15) is 0 Å². The Morgan fingerprint density at radius 1 is 0.964 bits per heavy atom. The van der Waals surface area contributed by atoms with Crippen molar-refractivity contribution in [1.82, 2.24) is 15.5 Å². The molecule has 1 aliphatic carbocycles. The van der Waals surface area contributed by atoms with Gasteiger partial charge in [-0.2, -0.15) is 0 Å². The first kappa shape index (κ1) is 19.0. The second-order valence-corrected chi connectivity index (χ2v) is 7.65. The standard InChI is InChI=1S/C23H29N3O2/c27-23(25-22(20-11-12-20)19-9-5-2-6-10-19)24-17-21(18-7-3-1-4-8-18)26-13-15-28-16-14-26/h1-10,20-22H,11-17H2,(H2,24,25,27). The number of benzene rings is 2. The molecule has 2 fully saturated rings. The zero-order valence-electron chi connectivity index (χ0n) is 16.2. The number of rotatable bonds is 7. The van der Waals surface area contributed by atoms with Crippen molar-refractivity contribution in [3.63, 3.8) is 0 Å². The Morgan fingerprint density at radius 2 is 1.57 bits per heavy atom. The second kappa shape index (κ2) is 9.22. The average Bonchev–Trinajstić information content (AvgIpc) is 3.60. The van der Waals surface area contributed by atoms with Crippen LogP contribution in [0.5, 0.6) is 0 Å². The zero-order chi connectivity index (χ0) is 19.2. The average molecular weight is 380 g/mol. The third-order valence-electron chi connectivity index (χ3n) is 5.67. The molecule has 1 saturated carbocycles. The van der Waals surface area contributed by atoms with Crippen LogP contribution in [-0.4, -0.2) is 43.8 Å². The summed E-state index contributed by atoms with van der Waals surface area (Å²) in [4.78, 5) is 15.1. The van der Waals surface area contributed by atoms with E-state index in [0.717, 1.165) is 26.3 Å². The van der Waals surface area contributed by atoms with Crippen LogP contribution >= 0.6 is 0 Å². The first-order chi connectivity index (χ1) is 13.8. The van der Waals surface area contributed by atoms with Gasteiger partial charge in [-0.25, -0.2) is 4.79 Å². The van der Waals surface area contributed by atoms with Crippen molar-refractivity contribution in [3.05, 3.63) is 71.8 Å². The number of hydrogen-bond acceptors (Lipinski definition) is 3. The molecule has 2 amide bonds. The Morgan fingerprint density at radius 3 is 2.18 bits per heavy atom. The molecule has 5 nitrogen and oxygen atoms in total. The van der Waals surface area contributed by atoms with Crippen molar-refractivity contribution in [1.29, 1.82) is 0 Å². The Hall–Kier alpha value is -2.37. The van der Waals surface area contributed by atoms with E-state index in [9.17, 15) is 4.79 Å². The molecule has 2 aromatic carbocycles. The van der Waals surface area contributed by atoms with Crippen LogP contribution in [0.25, 0.3) is 0 Å². The highest BCUT2D eigenvalue weighted by Crippen LogP contribution is 2.40. The summed E-state index contributed by atoms with van der Waals surface area (Å²) in [6.45, 7) is 3.84. The Bertz CT molecular complexity index is 743. The number of ether oxygens (including phenoxy) is 1. The van der Waals surface area contributed by atoms with Crippen molar-refractivity contribution in [3.8, 4) is 0 Å². The van der Waals surface area contributed by atoms with Crippen LogP contribution in [0.15, 0.2) is 60.7 Å². The van der Waals surface area contributed by atoms with Gasteiger partial charge in [-0.1, -0.05) is 60.7 Å². The highest BCUT2D eigenvalue weighted by molar-refractivity contribution is 5.74. The first-order valence-corrected chi connectivity index (χ1v) is 10.3. The van der Waals surface area contributed by atoms with Gasteiger partial charge in [-0.3, -0.25) is 4.90 Å². The molecule has 1 aliphatic heterocycles. The molecule has 5 heteroatoms. The lowest BCUT2D eigenvalue weighted by atomic mass is 10.0. The van der Waals surface area contributed by atoms with E-state index in [1.54, 1.807) is 0 Å². The molecule has 2 N–H and O–H groups in total. The van der Waals surface area contributed by atoms with Gasteiger partial charge >= 0.3 is 6.03 Å². The lowest BCUT2D eigenvalue weighted by Crippen LogP contribution is -2.46. The molecule has 0 aromatic heterocycles. The predicted molar refractivity (Wildman–Crippen MR) is 110 cm³/mol. The van der Waals surface area contributed by atoms with Gasteiger partial charge in [-0.15, -0.1) is 0 Å². The highest BCUT2D eigenvalue weighted by Gasteiger charge is 2.33. The van der Waals surface area contributed by atoms with Gasteiger partial charge in [0.05, 0.1) is 25.3 Å². The fraction of sp³-hybridized carbons (Fsp3) is 0.435. The summed E-state index contributed by atoms with van der Waals surface area (Å²) in [7, 11) is 0. The maximum absolute atomic E-state index is 12.7. The van der Waals surface area contributed by atoms with E-state index in [4.69, 9.17) is 4.74 Å². The molecule has 0 spiro atoms. The summed E-state index contributed by atoms with van der Waals surface area (Å²) in [6.07, 6.45) is 2.36. The normalized spacial score (nSPS) is 19.6. The van der Waals surface area contributed by atoms with Crippen LogP contribution in [0, 0.1) is 5.92 Å². The quantitative estimate of drug-likeness (QED) is 0.774. The van der Waals surface area contributed by atoms with E-state index in [-0.39, 0.29) is 18.1 Å². The van der Waals surface area contributed by atoms with Crippen molar-refractivity contribution in [2.24, 2.45) is 5.92 Å². The van der Waals surface area contributed by atoms with Crippen LogP contribution in [0.4, 0.5) is 4.79 Å². The summed E-state index contributed by atoms with van der Waals surface area (Å²) in [6, 6.07) is 20.9. The fourth-order valence-corrected chi connectivity index (χ4v) is 3.97. The molecule has 2 atom stereocenters. The summed E-state index contributed by atoms with van der Waals surface area (Å²) in [5.41, 5.74) is 2.42. The number of nitrogens with zero attached hydrogens (tertiary/aromatic N) is 1. The predicted octanol–water partition coefficient (Wildman–Crippen LogP) is 3.51. The van der Waals surface area contributed by atoms with Gasteiger partial charge < -0.3 is 15.4 Å². The molecule has 2 aliphatic rings. The molecule has 4 rings (SSSR count). The summed E-state index contributed by atoms with van der Waals surface area (Å²) < 4.78 is 5.50. The van der Waals surface area contributed by atoms with Crippen LogP contribution in [-0.2, 0) is 4.74 Å². The molecule has 2 aromatic rings. The number of nitrogens with one attached hydrogen (secondary N) is 2. The summed E-state index contributed by atoms with van der Waals surface area (Å²) in [5.74, 6) is 0.553. The van der Waals surface area contributed by atoms with Crippen molar-refractivity contribution in [2.75, 3.05) is 32.8 Å². The Kier molecular flexibility index (Phi) is 6.24. The van der Waals surface area contributed by atoms with Gasteiger partial charge in [0.2, 0.25) is 0 Å². The van der Waals surface area contributed by atoms with Crippen LogP contribution in [0.2, 0.25) is 0 Å². The molecular weight excluding hydrogens is 350 g/mol. The summed E-state index contributed by atoms with van der Waals surface area (Å²) >= 11 is 0. The van der Waals surface area contributed by atoms with Gasteiger partial charge in [-0.05, 0) is 29.9 Å². The molecule has 2 unspecified atom stereocenters. The van der Waals surface area contributed by atoms with Gasteiger partial charge in [0, 0.05) is 19.6 Å². The molecule has 0 radical (unpaired) electrons. The third-order valence-corrected chi connectivity index (χ3v) is 5.67. The molecule has 1 saturated heterocycles. The monoisotopic (exact) mass is 379 g/mol. The minimum absolute atomic E-state index is 0.0880. The van der Waals surface area contributed by atoms with E-state index in [1.165, 1.54) is 24.0 Å². The molecule has 0 bridgehead atoms. The van der Waals surface area contributed by atoms with E-state index >= 15 is 0 Å². The Balaban J connectivity index is 1.39. The third kappa shape index (κ3) is 4.91. The minimum Gasteiger partial charge on any atom is -0.379 e. The topological polar surface area (TPSA) is 53.6 Å². The molecule has 148 valence electrons. The minimum atomic E-state index is -0.0880. The smallest absolute Gasteiger partial charge is 0.315 e. The van der Waals surface area contributed by atoms with Gasteiger partial charge in [0.15, 0.2) is 0 Å². The van der Waals surface area contributed by atoms with E-state index in [2.05, 4.69) is 51.9 Å². The number of amides is 2. The lowest BCUT2D eigenvalue weighted by Gasteiger charge is -2.35. The highest BCUT2D eigenvalue weighted by atomic mass is 16.5. The van der Waals surface area contributed by atoms with Crippen molar-refractivity contribution < 1.29 is 9.53 Å². The zero-order valence-corrected chi connectivity index (χ0v) is 16.2. The molecular formula is C23H29N3O2. The maximum Gasteiger partial charge on any atom is 0.315 e. The van der Waals surface area contributed by atoms with Crippen LogP contribution < -0.4 is 10.6 Å². The fourth-order valence-electron chi connectivity index (χ4n) is 3.97. The maximum atomic E-state index is 12.7. The number of carbonyl (C=O) groups excluding carboxylic acids is 1. The second-order valence-electron chi connectivity index (χ2n) is 7.65.